The Morgan fingerprint density at radius 3 is 2.67 bits per heavy atom. The number of carbonyl (C=O) groups is 1. The molecular formula is C17H16N4OS2. The molecule has 0 aliphatic carbocycles. The summed E-state index contributed by atoms with van der Waals surface area (Å²) in [4.78, 5) is 13.3. The number of hydrogen-bond acceptors (Lipinski definition) is 5. The molecule has 7 heteroatoms. The van der Waals surface area contributed by atoms with Crippen molar-refractivity contribution in [3.63, 3.8) is 0 Å². The molecule has 122 valence electrons. The Balaban J connectivity index is 1.64. The summed E-state index contributed by atoms with van der Waals surface area (Å²) in [5.41, 5.74) is 1.80. The molecule has 1 N–H and O–H groups in total. The number of thioether (sulfide) groups is 2. The lowest BCUT2D eigenvalue weighted by atomic mass is 10.3. The van der Waals surface area contributed by atoms with Gasteiger partial charge in [-0.15, -0.1) is 22.0 Å². The van der Waals surface area contributed by atoms with Crippen LogP contribution in [0.2, 0.25) is 0 Å². The first-order chi connectivity index (χ1) is 11.8. The highest BCUT2D eigenvalue weighted by Crippen LogP contribution is 2.25. The van der Waals surface area contributed by atoms with Crippen molar-refractivity contribution >= 4 is 35.1 Å². The van der Waals surface area contributed by atoms with Crippen molar-refractivity contribution in [1.29, 1.82) is 0 Å². The molecule has 24 heavy (non-hydrogen) atoms. The fraction of sp³-hybridized carbons (Fsp3) is 0.118. The van der Waals surface area contributed by atoms with E-state index in [-0.39, 0.29) is 11.7 Å². The quantitative estimate of drug-likeness (QED) is 0.682. The van der Waals surface area contributed by atoms with E-state index in [4.69, 9.17) is 0 Å². The summed E-state index contributed by atoms with van der Waals surface area (Å²) in [5, 5.41) is 11.7. The van der Waals surface area contributed by atoms with E-state index in [0.717, 1.165) is 16.3 Å². The van der Waals surface area contributed by atoms with Crippen LogP contribution in [0.3, 0.4) is 0 Å². The number of anilines is 1. The smallest absolute Gasteiger partial charge is 0.234 e. The highest BCUT2D eigenvalue weighted by Gasteiger charge is 2.11. The van der Waals surface area contributed by atoms with Crippen molar-refractivity contribution in [2.45, 2.75) is 10.1 Å². The van der Waals surface area contributed by atoms with Crippen LogP contribution < -0.4 is 5.32 Å². The zero-order valence-electron chi connectivity index (χ0n) is 13.0. The predicted octanol–water partition coefficient (Wildman–Crippen LogP) is 3.72. The molecule has 1 heterocycles. The van der Waals surface area contributed by atoms with E-state index >= 15 is 0 Å². The molecule has 3 aromatic rings. The zero-order chi connectivity index (χ0) is 16.8. The Morgan fingerprint density at radius 2 is 1.88 bits per heavy atom. The van der Waals surface area contributed by atoms with Gasteiger partial charge < -0.3 is 5.32 Å². The van der Waals surface area contributed by atoms with Crippen molar-refractivity contribution in [2.75, 3.05) is 17.3 Å². The molecule has 0 aliphatic rings. The predicted molar refractivity (Wildman–Crippen MR) is 98.9 cm³/mol. The summed E-state index contributed by atoms with van der Waals surface area (Å²) < 4.78 is 1.87. The topological polar surface area (TPSA) is 59.8 Å². The molecule has 3 rings (SSSR count). The number of aromatic nitrogens is 3. The SMILES string of the molecule is CSc1ccccc1NC(=O)CSc1nncn1-c1ccccc1. The average molecular weight is 356 g/mol. The number of amides is 1. The third-order valence-corrected chi connectivity index (χ3v) is 5.00. The van der Waals surface area contributed by atoms with E-state index in [2.05, 4.69) is 15.5 Å². The molecule has 0 spiro atoms. The van der Waals surface area contributed by atoms with Crippen LogP contribution >= 0.6 is 23.5 Å². The molecule has 0 unspecified atom stereocenters. The maximum absolute atomic E-state index is 12.2. The Bertz CT molecular complexity index is 820. The van der Waals surface area contributed by atoms with E-state index in [1.807, 2.05) is 65.4 Å². The minimum atomic E-state index is -0.0656. The molecule has 0 fully saturated rings. The summed E-state index contributed by atoms with van der Waals surface area (Å²) in [6.07, 6.45) is 3.64. The molecule has 5 nitrogen and oxygen atoms in total. The first-order valence-corrected chi connectivity index (χ1v) is 9.50. The summed E-state index contributed by atoms with van der Waals surface area (Å²) in [7, 11) is 0. The van der Waals surface area contributed by atoms with E-state index in [9.17, 15) is 4.79 Å². The molecule has 0 radical (unpaired) electrons. The second-order valence-corrected chi connectivity index (χ2v) is 6.65. The van der Waals surface area contributed by atoms with E-state index in [0.29, 0.717) is 5.16 Å². The number of nitrogens with one attached hydrogen (secondary N) is 1. The van der Waals surface area contributed by atoms with Gasteiger partial charge in [-0.25, -0.2) is 0 Å². The third kappa shape index (κ3) is 3.98. The average Bonchev–Trinajstić information content (AvgIpc) is 3.10. The van der Waals surface area contributed by atoms with Gasteiger partial charge in [-0.1, -0.05) is 42.1 Å². The van der Waals surface area contributed by atoms with E-state index in [1.54, 1.807) is 18.1 Å². The maximum atomic E-state index is 12.2. The molecule has 0 saturated carbocycles. The van der Waals surface area contributed by atoms with Crippen molar-refractivity contribution < 1.29 is 4.79 Å². The number of carbonyl (C=O) groups excluding carboxylic acids is 1. The van der Waals surface area contributed by atoms with E-state index < -0.39 is 0 Å². The molecular weight excluding hydrogens is 340 g/mol. The van der Waals surface area contributed by atoms with Gasteiger partial charge in [0.05, 0.1) is 11.4 Å². The van der Waals surface area contributed by atoms with Crippen LogP contribution in [0, 0.1) is 0 Å². The number of hydrogen-bond donors (Lipinski definition) is 1. The third-order valence-electron chi connectivity index (χ3n) is 3.26. The Labute approximate surface area is 148 Å². The number of nitrogens with zero attached hydrogens (tertiary/aromatic N) is 3. The molecule has 0 aliphatic heterocycles. The maximum Gasteiger partial charge on any atom is 0.234 e. The number of para-hydroxylation sites is 2. The van der Waals surface area contributed by atoms with Crippen LogP contribution in [0.15, 0.2) is 71.0 Å². The minimum absolute atomic E-state index is 0.0656. The molecule has 0 bridgehead atoms. The monoisotopic (exact) mass is 356 g/mol. The Morgan fingerprint density at radius 1 is 1.12 bits per heavy atom. The number of benzene rings is 2. The standard InChI is InChI=1S/C17H16N4OS2/c1-23-15-10-6-5-9-14(15)19-16(22)11-24-17-20-18-12-21(17)13-7-3-2-4-8-13/h2-10,12H,11H2,1H3,(H,19,22). The lowest BCUT2D eigenvalue weighted by Gasteiger charge is -2.09. The minimum Gasteiger partial charge on any atom is -0.324 e. The zero-order valence-corrected chi connectivity index (χ0v) is 14.7. The summed E-state index contributed by atoms with van der Waals surface area (Å²) in [6.45, 7) is 0. The largest absolute Gasteiger partial charge is 0.324 e. The molecule has 0 atom stereocenters. The van der Waals surface area contributed by atoms with Crippen LogP contribution in [-0.2, 0) is 4.79 Å². The van der Waals surface area contributed by atoms with Crippen LogP contribution in [0.5, 0.6) is 0 Å². The van der Waals surface area contributed by atoms with Gasteiger partial charge in [-0.3, -0.25) is 9.36 Å². The van der Waals surface area contributed by atoms with E-state index in [1.165, 1.54) is 11.8 Å². The molecule has 1 amide bonds. The molecule has 1 aromatic heterocycles. The fourth-order valence-electron chi connectivity index (χ4n) is 2.15. The van der Waals surface area contributed by atoms with Gasteiger partial charge in [0.1, 0.15) is 6.33 Å². The fourth-order valence-corrected chi connectivity index (χ4v) is 3.44. The van der Waals surface area contributed by atoms with Gasteiger partial charge >= 0.3 is 0 Å². The molecule has 0 saturated heterocycles. The van der Waals surface area contributed by atoms with Gasteiger partial charge in [0.25, 0.3) is 0 Å². The summed E-state index contributed by atoms with van der Waals surface area (Å²) in [5.74, 6) is 0.206. The second kappa shape index (κ2) is 8.03. The van der Waals surface area contributed by atoms with Crippen LogP contribution in [0.4, 0.5) is 5.69 Å². The van der Waals surface area contributed by atoms with Gasteiger partial charge in [-0.2, -0.15) is 0 Å². The van der Waals surface area contributed by atoms with Gasteiger partial charge in [0.2, 0.25) is 5.91 Å². The lowest BCUT2D eigenvalue weighted by Crippen LogP contribution is -2.15. The summed E-state index contributed by atoms with van der Waals surface area (Å²) in [6, 6.07) is 17.6. The highest BCUT2D eigenvalue weighted by atomic mass is 32.2. The van der Waals surface area contributed by atoms with Crippen molar-refractivity contribution in [3.8, 4) is 5.69 Å². The molecule has 2 aromatic carbocycles. The van der Waals surface area contributed by atoms with Crippen molar-refractivity contribution in [1.82, 2.24) is 14.8 Å². The second-order valence-electron chi connectivity index (χ2n) is 4.86. The lowest BCUT2D eigenvalue weighted by molar-refractivity contribution is -0.113. The first-order valence-electron chi connectivity index (χ1n) is 7.29. The van der Waals surface area contributed by atoms with Crippen molar-refractivity contribution in [2.24, 2.45) is 0 Å². The Kier molecular flexibility index (Phi) is 5.55. The van der Waals surface area contributed by atoms with Crippen LogP contribution in [0.1, 0.15) is 0 Å². The van der Waals surface area contributed by atoms with Gasteiger partial charge in [0, 0.05) is 10.6 Å². The van der Waals surface area contributed by atoms with Crippen LogP contribution in [-0.4, -0.2) is 32.7 Å². The first kappa shape index (κ1) is 16.6. The van der Waals surface area contributed by atoms with Crippen LogP contribution in [0.25, 0.3) is 5.69 Å². The van der Waals surface area contributed by atoms with Gasteiger partial charge in [-0.05, 0) is 30.5 Å². The highest BCUT2D eigenvalue weighted by molar-refractivity contribution is 7.99. The Hall–Kier alpha value is -2.25. The van der Waals surface area contributed by atoms with Gasteiger partial charge in [0.15, 0.2) is 5.16 Å². The number of rotatable bonds is 6. The normalized spacial score (nSPS) is 10.5. The summed E-state index contributed by atoms with van der Waals surface area (Å²) >= 11 is 2.96. The van der Waals surface area contributed by atoms with Crippen molar-refractivity contribution in [3.05, 3.63) is 60.9 Å².